The van der Waals surface area contributed by atoms with Gasteiger partial charge in [-0.15, -0.1) is 0 Å². The van der Waals surface area contributed by atoms with E-state index >= 15 is 0 Å². The summed E-state index contributed by atoms with van der Waals surface area (Å²) in [6.45, 7) is 3.85. The molecule has 1 amide bonds. The maximum atomic E-state index is 12.4. The van der Waals surface area contributed by atoms with Gasteiger partial charge in [-0.25, -0.2) is 13.1 Å². The maximum Gasteiger partial charge on any atom is 0.251 e. The summed E-state index contributed by atoms with van der Waals surface area (Å²) in [5.41, 5.74) is 1.14. The number of hydrogen-bond acceptors (Lipinski definition) is 4. The van der Waals surface area contributed by atoms with Gasteiger partial charge in [0.1, 0.15) is 11.3 Å². The van der Waals surface area contributed by atoms with Crippen LogP contribution in [0.2, 0.25) is 0 Å². The number of carbonyl (C=O) groups is 1. The van der Waals surface area contributed by atoms with Crippen molar-refractivity contribution < 1.29 is 17.6 Å². The molecule has 0 aliphatic rings. The van der Waals surface area contributed by atoms with E-state index in [4.69, 9.17) is 4.42 Å². The molecular weight excluding hydrogens is 352 g/mol. The number of amides is 1. The van der Waals surface area contributed by atoms with E-state index in [9.17, 15) is 13.2 Å². The Morgan fingerprint density at radius 1 is 1.12 bits per heavy atom. The van der Waals surface area contributed by atoms with E-state index in [1.165, 1.54) is 24.3 Å². The predicted molar refractivity (Wildman–Crippen MR) is 99.4 cm³/mol. The third-order valence-electron chi connectivity index (χ3n) is 3.98. The van der Waals surface area contributed by atoms with Gasteiger partial charge in [0.15, 0.2) is 0 Å². The first-order chi connectivity index (χ1) is 12.4. The number of hydrogen-bond donors (Lipinski definition) is 2. The Hall–Kier alpha value is -2.64. The summed E-state index contributed by atoms with van der Waals surface area (Å²) < 4.78 is 32.0. The molecule has 1 unspecified atom stereocenters. The van der Waals surface area contributed by atoms with Crippen molar-refractivity contribution in [3.05, 3.63) is 65.9 Å². The van der Waals surface area contributed by atoms with Crippen LogP contribution in [0.25, 0.3) is 11.0 Å². The van der Waals surface area contributed by atoms with Crippen molar-refractivity contribution in [1.82, 2.24) is 10.0 Å². The van der Waals surface area contributed by atoms with Crippen LogP contribution in [-0.2, 0) is 10.0 Å². The van der Waals surface area contributed by atoms with Gasteiger partial charge in [-0.05, 0) is 43.3 Å². The normalized spacial score (nSPS) is 12.8. The quantitative estimate of drug-likeness (QED) is 0.695. The highest BCUT2D eigenvalue weighted by atomic mass is 32.2. The lowest BCUT2D eigenvalue weighted by Crippen LogP contribution is -2.26. The Labute approximate surface area is 152 Å². The fourth-order valence-corrected chi connectivity index (χ4v) is 3.67. The highest BCUT2D eigenvalue weighted by Gasteiger charge is 2.17. The van der Waals surface area contributed by atoms with Crippen LogP contribution in [0.3, 0.4) is 0 Å². The minimum absolute atomic E-state index is 0.126. The van der Waals surface area contributed by atoms with Crippen LogP contribution in [0.1, 0.15) is 36.0 Å². The van der Waals surface area contributed by atoms with Gasteiger partial charge in [0.05, 0.1) is 10.9 Å². The first-order valence-corrected chi connectivity index (χ1v) is 9.78. The Bertz CT molecular complexity index is 990. The number of carbonyl (C=O) groups excluding carboxylic acids is 1. The predicted octanol–water partition coefficient (Wildman–Crippen LogP) is 3.22. The molecule has 136 valence electrons. The van der Waals surface area contributed by atoms with Crippen LogP contribution in [0.15, 0.2) is 63.9 Å². The summed E-state index contributed by atoms with van der Waals surface area (Å²) in [7, 11) is -3.53. The van der Waals surface area contributed by atoms with Crippen LogP contribution < -0.4 is 10.0 Å². The minimum atomic E-state index is -3.53. The van der Waals surface area contributed by atoms with E-state index in [1.54, 1.807) is 6.92 Å². The van der Waals surface area contributed by atoms with Crippen LogP contribution in [0, 0.1) is 0 Å². The summed E-state index contributed by atoms with van der Waals surface area (Å²) in [6, 6.07) is 15.0. The van der Waals surface area contributed by atoms with Crippen molar-refractivity contribution in [3.8, 4) is 0 Å². The third kappa shape index (κ3) is 3.79. The Kier molecular flexibility index (Phi) is 5.11. The molecule has 1 heterocycles. The highest BCUT2D eigenvalue weighted by Crippen LogP contribution is 2.23. The molecule has 1 aromatic heterocycles. The number of sulfonamides is 1. The van der Waals surface area contributed by atoms with Gasteiger partial charge >= 0.3 is 0 Å². The summed E-state index contributed by atoms with van der Waals surface area (Å²) in [5, 5.41) is 3.83. The fraction of sp³-hybridized carbons (Fsp3) is 0.211. The highest BCUT2D eigenvalue weighted by molar-refractivity contribution is 7.89. The summed E-state index contributed by atoms with van der Waals surface area (Å²) >= 11 is 0. The van der Waals surface area contributed by atoms with E-state index in [-0.39, 0.29) is 16.8 Å². The molecule has 7 heteroatoms. The first-order valence-electron chi connectivity index (χ1n) is 8.30. The average molecular weight is 372 g/mol. The van der Waals surface area contributed by atoms with Gasteiger partial charge in [-0.1, -0.05) is 25.1 Å². The molecule has 2 aromatic carbocycles. The second-order valence-corrected chi connectivity index (χ2v) is 7.67. The zero-order valence-electron chi connectivity index (χ0n) is 14.5. The van der Waals surface area contributed by atoms with Gasteiger partial charge in [-0.2, -0.15) is 0 Å². The molecule has 0 saturated heterocycles. The smallest absolute Gasteiger partial charge is 0.251 e. The molecule has 0 spiro atoms. The lowest BCUT2D eigenvalue weighted by Gasteiger charge is -2.12. The molecule has 26 heavy (non-hydrogen) atoms. The SMILES string of the molecule is CCNS(=O)(=O)c1ccc(C(=O)NC(C)c2cc3ccccc3o2)cc1. The van der Waals surface area contributed by atoms with Crippen molar-refractivity contribution in [2.45, 2.75) is 24.8 Å². The first kappa shape index (κ1) is 18.2. The Morgan fingerprint density at radius 2 is 1.81 bits per heavy atom. The number of nitrogens with one attached hydrogen (secondary N) is 2. The van der Waals surface area contributed by atoms with Gasteiger partial charge < -0.3 is 9.73 Å². The maximum absolute atomic E-state index is 12.4. The van der Waals surface area contributed by atoms with Crippen molar-refractivity contribution in [2.75, 3.05) is 6.54 Å². The summed E-state index contributed by atoms with van der Waals surface area (Å²) in [6.07, 6.45) is 0. The standard InChI is InChI=1S/C19H20N2O4S/c1-3-20-26(23,24)16-10-8-14(9-11-16)19(22)21-13(2)18-12-15-6-4-5-7-17(15)25-18/h4-13,20H,3H2,1-2H3,(H,21,22). The third-order valence-corrected chi connectivity index (χ3v) is 5.54. The number of benzene rings is 2. The van der Waals surface area contributed by atoms with E-state index in [2.05, 4.69) is 10.0 Å². The molecule has 2 N–H and O–H groups in total. The topological polar surface area (TPSA) is 88.4 Å². The van der Waals surface area contributed by atoms with Gasteiger partial charge in [-0.3, -0.25) is 4.79 Å². The van der Waals surface area contributed by atoms with E-state index in [0.717, 1.165) is 11.0 Å². The molecule has 0 saturated carbocycles. The molecule has 1 atom stereocenters. The minimum Gasteiger partial charge on any atom is -0.459 e. The van der Waals surface area contributed by atoms with E-state index in [1.807, 2.05) is 37.3 Å². The van der Waals surface area contributed by atoms with Crippen LogP contribution in [0.5, 0.6) is 0 Å². The van der Waals surface area contributed by atoms with Gasteiger partial charge in [0.25, 0.3) is 5.91 Å². The van der Waals surface area contributed by atoms with Crippen molar-refractivity contribution in [3.63, 3.8) is 0 Å². The van der Waals surface area contributed by atoms with Gasteiger partial charge in [0.2, 0.25) is 10.0 Å². The fourth-order valence-electron chi connectivity index (χ4n) is 2.63. The molecule has 3 aromatic rings. The molecule has 0 bridgehead atoms. The van der Waals surface area contributed by atoms with Crippen LogP contribution in [-0.4, -0.2) is 20.9 Å². The average Bonchev–Trinajstić information content (AvgIpc) is 3.06. The zero-order valence-corrected chi connectivity index (χ0v) is 15.3. The van der Waals surface area contributed by atoms with Crippen molar-refractivity contribution in [2.24, 2.45) is 0 Å². The number of rotatable bonds is 6. The molecule has 0 aliphatic heterocycles. The van der Waals surface area contributed by atoms with Crippen LogP contribution >= 0.6 is 0 Å². The molecular formula is C19H20N2O4S. The second-order valence-electron chi connectivity index (χ2n) is 5.91. The zero-order chi connectivity index (χ0) is 18.7. The van der Waals surface area contributed by atoms with E-state index in [0.29, 0.717) is 17.9 Å². The lowest BCUT2D eigenvalue weighted by atomic mass is 10.1. The second kappa shape index (κ2) is 7.31. The lowest BCUT2D eigenvalue weighted by molar-refractivity contribution is 0.0935. The molecule has 6 nitrogen and oxygen atoms in total. The Morgan fingerprint density at radius 3 is 2.46 bits per heavy atom. The number of fused-ring (bicyclic) bond motifs is 1. The van der Waals surface area contributed by atoms with Crippen molar-refractivity contribution >= 4 is 26.9 Å². The molecule has 0 aliphatic carbocycles. The largest absolute Gasteiger partial charge is 0.459 e. The summed E-state index contributed by atoms with van der Waals surface area (Å²) in [5.74, 6) is 0.358. The van der Waals surface area contributed by atoms with Crippen molar-refractivity contribution in [1.29, 1.82) is 0 Å². The van der Waals surface area contributed by atoms with Crippen LogP contribution in [0.4, 0.5) is 0 Å². The molecule has 0 radical (unpaired) electrons. The molecule has 3 rings (SSSR count). The van der Waals surface area contributed by atoms with E-state index < -0.39 is 10.0 Å². The summed E-state index contributed by atoms with van der Waals surface area (Å²) in [4.78, 5) is 12.5. The number of para-hydroxylation sites is 1. The van der Waals surface area contributed by atoms with Gasteiger partial charge in [0, 0.05) is 17.5 Å². The molecule has 0 fully saturated rings. The monoisotopic (exact) mass is 372 g/mol. The number of furan rings is 1. The Balaban J connectivity index is 1.73.